The lowest BCUT2D eigenvalue weighted by molar-refractivity contribution is 0.319. The lowest BCUT2D eigenvalue weighted by atomic mass is 9.99. The summed E-state index contributed by atoms with van der Waals surface area (Å²) < 4.78 is 11.8. The standard InChI is InChI=1S/C25H30N2O2/c1-19-24(27-25(29-19)22-10-3-2-4-11-22)14-16-28-23-12-6-8-20(17-23)7-5-9-21-13-15-26-18-21/h2-4,6,8,10-12,17,21,26H,5,7,9,13-16,18H2,1H3. The minimum Gasteiger partial charge on any atom is -0.493 e. The van der Waals surface area contributed by atoms with Gasteiger partial charge in [0.15, 0.2) is 0 Å². The van der Waals surface area contributed by atoms with E-state index in [4.69, 9.17) is 9.15 Å². The molecular formula is C25H30N2O2. The van der Waals surface area contributed by atoms with Crippen molar-refractivity contribution in [2.75, 3.05) is 19.7 Å². The second kappa shape index (κ2) is 9.75. The number of aromatic nitrogens is 1. The maximum Gasteiger partial charge on any atom is 0.226 e. The molecule has 0 aliphatic carbocycles. The first-order valence-electron chi connectivity index (χ1n) is 10.7. The van der Waals surface area contributed by atoms with E-state index in [1.165, 1.54) is 37.9 Å². The van der Waals surface area contributed by atoms with Crippen molar-refractivity contribution in [2.45, 2.75) is 39.0 Å². The maximum atomic E-state index is 6.01. The Balaban J connectivity index is 1.27. The fraction of sp³-hybridized carbons (Fsp3) is 0.400. The Labute approximate surface area is 173 Å². The van der Waals surface area contributed by atoms with E-state index in [9.17, 15) is 0 Å². The van der Waals surface area contributed by atoms with Crippen LogP contribution in [0, 0.1) is 12.8 Å². The fourth-order valence-corrected chi connectivity index (χ4v) is 3.98. The first-order valence-corrected chi connectivity index (χ1v) is 10.7. The average molecular weight is 391 g/mol. The van der Waals surface area contributed by atoms with Gasteiger partial charge in [-0.3, -0.25) is 0 Å². The third-order valence-electron chi connectivity index (χ3n) is 5.66. The van der Waals surface area contributed by atoms with E-state index in [1.54, 1.807) is 0 Å². The van der Waals surface area contributed by atoms with Crippen molar-refractivity contribution in [2.24, 2.45) is 5.92 Å². The lowest BCUT2D eigenvalue weighted by Crippen LogP contribution is -2.09. The van der Waals surface area contributed by atoms with Crippen molar-refractivity contribution < 1.29 is 9.15 Å². The molecule has 0 bridgehead atoms. The molecule has 1 fully saturated rings. The van der Waals surface area contributed by atoms with Gasteiger partial charge in [0.25, 0.3) is 0 Å². The molecule has 4 rings (SSSR count). The van der Waals surface area contributed by atoms with Crippen molar-refractivity contribution in [3.8, 4) is 17.2 Å². The number of nitrogens with one attached hydrogen (secondary N) is 1. The number of nitrogens with zero attached hydrogens (tertiary/aromatic N) is 1. The van der Waals surface area contributed by atoms with Gasteiger partial charge in [0, 0.05) is 12.0 Å². The number of rotatable bonds is 9. The third kappa shape index (κ3) is 5.48. The summed E-state index contributed by atoms with van der Waals surface area (Å²) in [6, 6.07) is 18.5. The Bertz CT molecular complexity index is 898. The smallest absolute Gasteiger partial charge is 0.226 e. The molecule has 2 aromatic carbocycles. The molecule has 0 radical (unpaired) electrons. The molecule has 0 amide bonds. The molecule has 4 heteroatoms. The molecule has 3 aromatic rings. The second-order valence-corrected chi connectivity index (χ2v) is 7.88. The van der Waals surface area contributed by atoms with Crippen LogP contribution >= 0.6 is 0 Å². The molecule has 2 heterocycles. The van der Waals surface area contributed by atoms with Crippen molar-refractivity contribution in [1.29, 1.82) is 0 Å². The normalized spacial score (nSPS) is 16.2. The minimum absolute atomic E-state index is 0.596. The fourth-order valence-electron chi connectivity index (χ4n) is 3.98. The summed E-state index contributed by atoms with van der Waals surface area (Å²) in [5, 5.41) is 3.45. The molecule has 1 aliphatic heterocycles. The maximum absolute atomic E-state index is 6.01. The number of ether oxygens (including phenoxy) is 1. The van der Waals surface area contributed by atoms with Crippen molar-refractivity contribution in [3.05, 3.63) is 71.6 Å². The summed E-state index contributed by atoms with van der Waals surface area (Å²) >= 11 is 0. The molecule has 29 heavy (non-hydrogen) atoms. The number of hydrogen-bond donors (Lipinski definition) is 1. The van der Waals surface area contributed by atoms with Gasteiger partial charge in [-0.2, -0.15) is 0 Å². The summed E-state index contributed by atoms with van der Waals surface area (Å²) in [4.78, 5) is 4.66. The van der Waals surface area contributed by atoms with Gasteiger partial charge in [0.1, 0.15) is 11.5 Å². The monoisotopic (exact) mass is 390 g/mol. The Hall–Kier alpha value is -2.59. The Morgan fingerprint density at radius 3 is 2.83 bits per heavy atom. The van der Waals surface area contributed by atoms with Crippen molar-refractivity contribution in [3.63, 3.8) is 0 Å². The van der Waals surface area contributed by atoms with Crippen LogP contribution in [0.15, 0.2) is 59.0 Å². The molecule has 1 N–H and O–H groups in total. The Morgan fingerprint density at radius 2 is 2.00 bits per heavy atom. The molecule has 0 spiro atoms. The van der Waals surface area contributed by atoms with Crippen LogP contribution in [0.1, 0.15) is 36.3 Å². The molecule has 1 aliphatic rings. The molecule has 1 aromatic heterocycles. The molecular weight excluding hydrogens is 360 g/mol. The zero-order valence-corrected chi connectivity index (χ0v) is 17.2. The predicted octanol–water partition coefficient (Wildman–Crippen LogP) is 5.20. The van der Waals surface area contributed by atoms with Crippen molar-refractivity contribution in [1.82, 2.24) is 10.3 Å². The average Bonchev–Trinajstić information content (AvgIpc) is 3.39. The largest absolute Gasteiger partial charge is 0.493 e. The number of aryl methyl sites for hydroxylation is 2. The molecule has 0 saturated carbocycles. The summed E-state index contributed by atoms with van der Waals surface area (Å²) in [6.45, 7) is 4.94. The van der Waals surface area contributed by atoms with Gasteiger partial charge < -0.3 is 14.5 Å². The van der Waals surface area contributed by atoms with Gasteiger partial charge in [-0.25, -0.2) is 4.98 Å². The Morgan fingerprint density at radius 1 is 1.10 bits per heavy atom. The molecule has 1 saturated heterocycles. The molecule has 4 nitrogen and oxygen atoms in total. The highest BCUT2D eigenvalue weighted by atomic mass is 16.5. The van der Waals surface area contributed by atoms with Crippen LogP contribution in [0.2, 0.25) is 0 Å². The van der Waals surface area contributed by atoms with E-state index < -0.39 is 0 Å². The lowest BCUT2D eigenvalue weighted by Gasteiger charge is -2.09. The molecule has 1 unspecified atom stereocenters. The van der Waals surface area contributed by atoms with Crippen LogP contribution in [0.4, 0.5) is 0 Å². The zero-order valence-electron chi connectivity index (χ0n) is 17.2. The predicted molar refractivity (Wildman–Crippen MR) is 116 cm³/mol. The van der Waals surface area contributed by atoms with Gasteiger partial charge >= 0.3 is 0 Å². The summed E-state index contributed by atoms with van der Waals surface area (Å²) in [5.41, 5.74) is 3.33. The first kappa shape index (κ1) is 19.7. The van der Waals surface area contributed by atoms with Crippen LogP contribution in [-0.2, 0) is 12.8 Å². The van der Waals surface area contributed by atoms with Gasteiger partial charge in [-0.15, -0.1) is 0 Å². The van der Waals surface area contributed by atoms with Crippen molar-refractivity contribution >= 4 is 0 Å². The summed E-state index contributed by atoms with van der Waals surface area (Å²) in [7, 11) is 0. The van der Waals surface area contributed by atoms with Crippen LogP contribution < -0.4 is 10.1 Å². The number of hydrogen-bond acceptors (Lipinski definition) is 4. The van der Waals surface area contributed by atoms with E-state index in [0.29, 0.717) is 12.5 Å². The van der Waals surface area contributed by atoms with Crippen LogP contribution in [0.25, 0.3) is 11.5 Å². The van der Waals surface area contributed by atoms with Gasteiger partial charge in [-0.1, -0.05) is 30.3 Å². The van der Waals surface area contributed by atoms with Gasteiger partial charge in [0.2, 0.25) is 5.89 Å². The number of benzene rings is 2. The third-order valence-corrected chi connectivity index (χ3v) is 5.66. The highest BCUT2D eigenvalue weighted by Gasteiger charge is 2.14. The van der Waals surface area contributed by atoms with Gasteiger partial charge in [0.05, 0.1) is 12.3 Å². The van der Waals surface area contributed by atoms with E-state index in [0.717, 1.165) is 41.5 Å². The molecule has 1 atom stereocenters. The SMILES string of the molecule is Cc1oc(-c2ccccc2)nc1CCOc1cccc(CCCC2CCNC2)c1. The van der Waals surface area contributed by atoms with E-state index in [2.05, 4.69) is 28.5 Å². The molecule has 152 valence electrons. The first-order chi connectivity index (χ1) is 14.3. The van der Waals surface area contributed by atoms with Crippen LogP contribution in [-0.4, -0.2) is 24.7 Å². The van der Waals surface area contributed by atoms with E-state index in [1.807, 2.05) is 43.3 Å². The minimum atomic E-state index is 0.596. The Kier molecular flexibility index (Phi) is 6.63. The van der Waals surface area contributed by atoms with Gasteiger partial charge in [-0.05, 0) is 81.4 Å². The summed E-state index contributed by atoms with van der Waals surface area (Å²) in [6.07, 6.45) is 5.75. The zero-order chi connectivity index (χ0) is 19.9. The summed E-state index contributed by atoms with van der Waals surface area (Å²) in [5.74, 6) is 3.34. The topological polar surface area (TPSA) is 47.3 Å². The highest BCUT2D eigenvalue weighted by molar-refractivity contribution is 5.53. The second-order valence-electron chi connectivity index (χ2n) is 7.88. The van der Waals surface area contributed by atoms with Crippen LogP contribution in [0.3, 0.4) is 0 Å². The highest BCUT2D eigenvalue weighted by Crippen LogP contribution is 2.22. The van der Waals surface area contributed by atoms with E-state index in [-0.39, 0.29) is 0 Å². The van der Waals surface area contributed by atoms with E-state index >= 15 is 0 Å². The van der Waals surface area contributed by atoms with Crippen LogP contribution in [0.5, 0.6) is 5.75 Å². The number of oxazole rings is 1. The quantitative estimate of drug-likeness (QED) is 0.545.